The second kappa shape index (κ2) is 20.2. The molecule has 0 aromatic heterocycles. The van der Waals surface area contributed by atoms with Gasteiger partial charge in [0.25, 0.3) is 0 Å². The number of unbranched alkanes of at least 4 members (excludes halogenated alkanes) is 2. The number of hydrogen-bond acceptors (Lipinski definition) is 1. The van der Waals surface area contributed by atoms with E-state index in [1.54, 1.807) is 0 Å². The van der Waals surface area contributed by atoms with Crippen molar-refractivity contribution in [2.75, 3.05) is 0 Å². The van der Waals surface area contributed by atoms with Crippen molar-refractivity contribution in [3.8, 4) is 0 Å². The Morgan fingerprint density at radius 2 is 1.64 bits per heavy atom. The molecule has 1 aromatic rings. The summed E-state index contributed by atoms with van der Waals surface area (Å²) in [5.74, 6) is 1.07. The minimum atomic E-state index is 0.167. The van der Waals surface area contributed by atoms with Gasteiger partial charge in [0.1, 0.15) is 5.78 Å². The molecule has 0 aliphatic rings. The lowest BCUT2D eigenvalue weighted by Gasteiger charge is -2.00. The molecule has 0 spiro atoms. The van der Waals surface area contributed by atoms with Gasteiger partial charge in [-0.1, -0.05) is 84.0 Å². The minimum Gasteiger partial charge on any atom is -0.300 e. The lowest BCUT2D eigenvalue weighted by atomic mass is 10.1. The van der Waals surface area contributed by atoms with Gasteiger partial charge in [-0.15, -0.1) is 0 Å². The van der Waals surface area contributed by atoms with E-state index in [0.717, 1.165) is 10.9 Å². The Morgan fingerprint density at radius 1 is 1.14 bits per heavy atom. The van der Waals surface area contributed by atoms with Gasteiger partial charge in [-0.05, 0) is 44.4 Å². The second-order valence-electron chi connectivity index (χ2n) is 5.60. The summed E-state index contributed by atoms with van der Waals surface area (Å²) in [4.78, 5) is 9.44. The number of aryl methyl sites for hydroxylation is 1. The van der Waals surface area contributed by atoms with Crippen molar-refractivity contribution < 1.29 is 4.79 Å². The molecule has 0 N–H and O–H groups in total. The van der Waals surface area contributed by atoms with Crippen molar-refractivity contribution in [1.29, 1.82) is 0 Å². The zero-order valence-electron chi connectivity index (χ0n) is 16.0. The van der Waals surface area contributed by atoms with Crippen LogP contribution < -0.4 is 0 Å². The highest BCUT2D eigenvalue weighted by Gasteiger charge is 1.90. The van der Waals surface area contributed by atoms with Crippen LogP contribution in [0, 0.1) is 12.8 Å². The summed E-state index contributed by atoms with van der Waals surface area (Å²) in [6.45, 7) is 15.9. The van der Waals surface area contributed by atoms with Gasteiger partial charge >= 0.3 is 0 Å². The molecule has 0 saturated carbocycles. The number of carbonyl (C=O) groups excluding carboxylic acids is 1. The maximum absolute atomic E-state index is 9.44. The Balaban J connectivity index is -0.000000245. The molecule has 0 amide bonds. The average molecular weight is 329 g/mol. The molecule has 2 heteroatoms. The van der Waals surface area contributed by atoms with E-state index in [0.29, 0.717) is 0 Å². The van der Waals surface area contributed by atoms with Crippen LogP contribution in [0.5, 0.6) is 0 Å². The maximum atomic E-state index is 9.44. The van der Waals surface area contributed by atoms with Crippen molar-refractivity contribution in [2.24, 2.45) is 5.92 Å². The van der Waals surface area contributed by atoms with Gasteiger partial charge in [-0.2, -0.15) is 0 Å². The van der Waals surface area contributed by atoms with E-state index in [4.69, 9.17) is 11.6 Å². The predicted octanol–water partition coefficient (Wildman–Crippen LogP) is 7.49. The molecule has 0 fully saturated rings. The van der Waals surface area contributed by atoms with Crippen molar-refractivity contribution >= 4 is 17.4 Å². The molecule has 0 radical (unpaired) electrons. The molecule has 1 nitrogen and oxygen atoms in total. The number of benzene rings is 1. The zero-order valence-corrected chi connectivity index (χ0v) is 16.8. The highest BCUT2D eigenvalue weighted by molar-refractivity contribution is 6.30. The number of ketones is 1. The van der Waals surface area contributed by atoms with E-state index in [-0.39, 0.29) is 5.78 Å². The first-order valence-corrected chi connectivity index (χ1v) is 8.86. The van der Waals surface area contributed by atoms with Crippen molar-refractivity contribution in [1.82, 2.24) is 0 Å². The number of carbonyl (C=O) groups is 1. The third-order valence-electron chi connectivity index (χ3n) is 2.37. The Bertz CT molecular complexity index is 324. The first kappa shape index (κ1) is 26.1. The molecule has 1 rings (SSSR count). The van der Waals surface area contributed by atoms with Crippen LogP contribution in [-0.4, -0.2) is 5.78 Å². The normalized spacial score (nSPS) is 8.64. The highest BCUT2D eigenvalue weighted by Crippen LogP contribution is 2.08. The number of halogens is 1. The molecule has 130 valence electrons. The van der Waals surface area contributed by atoms with Crippen molar-refractivity contribution in [3.63, 3.8) is 0 Å². The quantitative estimate of drug-likeness (QED) is 0.523. The van der Waals surface area contributed by atoms with E-state index in [1.807, 2.05) is 45.0 Å². The van der Waals surface area contributed by atoms with Gasteiger partial charge in [0.05, 0.1) is 0 Å². The van der Waals surface area contributed by atoms with Crippen LogP contribution in [0.1, 0.15) is 79.7 Å². The van der Waals surface area contributed by atoms with Crippen LogP contribution in [0.4, 0.5) is 0 Å². The fourth-order valence-electron chi connectivity index (χ4n) is 1.41. The fourth-order valence-corrected chi connectivity index (χ4v) is 1.65. The summed E-state index contributed by atoms with van der Waals surface area (Å²) < 4.78 is 0. The van der Waals surface area contributed by atoms with Gasteiger partial charge in [0.2, 0.25) is 0 Å². The molecule has 0 atom stereocenters. The molecule has 22 heavy (non-hydrogen) atoms. The van der Waals surface area contributed by atoms with Crippen molar-refractivity contribution in [3.05, 3.63) is 34.9 Å². The molecular formula is C20H37ClO. The van der Waals surface area contributed by atoms with Crippen LogP contribution in [0.3, 0.4) is 0 Å². The van der Waals surface area contributed by atoms with Gasteiger partial charge in [0, 0.05) is 5.02 Å². The molecule has 0 aliphatic carbocycles. The van der Waals surface area contributed by atoms with Crippen molar-refractivity contribution in [2.45, 2.75) is 81.1 Å². The maximum Gasteiger partial charge on any atom is 0.126 e. The predicted molar refractivity (Wildman–Crippen MR) is 103 cm³/mol. The van der Waals surface area contributed by atoms with Gasteiger partial charge in [0.15, 0.2) is 0 Å². The van der Waals surface area contributed by atoms with Crippen LogP contribution in [0.25, 0.3) is 0 Å². The third kappa shape index (κ3) is 31.5. The lowest BCUT2D eigenvalue weighted by Crippen LogP contribution is -1.85. The van der Waals surface area contributed by atoms with Crippen LogP contribution in [-0.2, 0) is 4.79 Å². The standard InChI is InChI=1S/C8H18.C7H7Cl.C3H6O.C2H6/c1-4-5-6-7-8(2)3;1-6-3-2-4-7(8)5-6;1-3(2)4;1-2/h8H,4-7H2,1-3H3;2-5H,1H3;1-2H3;1-2H3. The number of Topliss-reactive ketones (excluding diaryl/α,β-unsaturated/α-hetero) is 1. The summed E-state index contributed by atoms with van der Waals surface area (Å²) in [6, 6.07) is 7.76. The average Bonchev–Trinajstić information content (AvgIpc) is 2.41. The van der Waals surface area contributed by atoms with Gasteiger partial charge in [-0.25, -0.2) is 0 Å². The minimum absolute atomic E-state index is 0.167. The van der Waals surface area contributed by atoms with Crippen LogP contribution in [0.2, 0.25) is 5.02 Å². The summed E-state index contributed by atoms with van der Waals surface area (Å²) in [7, 11) is 0. The topological polar surface area (TPSA) is 17.1 Å². The van der Waals surface area contributed by atoms with E-state index in [9.17, 15) is 4.79 Å². The molecule has 1 aromatic carbocycles. The Kier molecular flexibility index (Phi) is 23.9. The largest absolute Gasteiger partial charge is 0.300 e. The van der Waals surface area contributed by atoms with E-state index in [1.165, 1.54) is 45.1 Å². The SMILES string of the molecule is CC.CC(C)=O.CCCCCC(C)C.Cc1cccc(Cl)c1. The zero-order chi connectivity index (χ0) is 18.0. The number of rotatable bonds is 4. The molecule has 0 unspecified atom stereocenters. The van der Waals surface area contributed by atoms with Gasteiger partial charge < -0.3 is 4.79 Å². The summed E-state index contributed by atoms with van der Waals surface area (Å²) in [6.07, 6.45) is 5.60. The first-order valence-electron chi connectivity index (χ1n) is 8.48. The lowest BCUT2D eigenvalue weighted by molar-refractivity contribution is -0.114. The van der Waals surface area contributed by atoms with E-state index in [2.05, 4.69) is 20.8 Å². The number of hydrogen-bond donors (Lipinski definition) is 0. The monoisotopic (exact) mass is 328 g/mol. The molecule has 0 saturated heterocycles. The Labute approximate surface area is 144 Å². The molecule has 0 aliphatic heterocycles. The Morgan fingerprint density at radius 3 is 1.91 bits per heavy atom. The molecule has 0 bridgehead atoms. The third-order valence-corrected chi connectivity index (χ3v) is 2.60. The Hall–Kier alpha value is -0.820. The highest BCUT2D eigenvalue weighted by atomic mass is 35.5. The summed E-state index contributed by atoms with van der Waals surface area (Å²) in [5, 5.41) is 0.810. The first-order chi connectivity index (χ1) is 10.3. The van der Waals surface area contributed by atoms with Crippen LogP contribution in [0.15, 0.2) is 24.3 Å². The van der Waals surface area contributed by atoms with E-state index < -0.39 is 0 Å². The van der Waals surface area contributed by atoms with Crippen LogP contribution >= 0.6 is 11.6 Å². The second-order valence-corrected chi connectivity index (χ2v) is 6.03. The molecular weight excluding hydrogens is 292 g/mol. The van der Waals surface area contributed by atoms with E-state index >= 15 is 0 Å². The summed E-state index contributed by atoms with van der Waals surface area (Å²) in [5.41, 5.74) is 1.21. The van der Waals surface area contributed by atoms with Gasteiger partial charge in [-0.3, -0.25) is 0 Å². The smallest absolute Gasteiger partial charge is 0.126 e. The molecule has 0 heterocycles. The summed E-state index contributed by atoms with van der Waals surface area (Å²) >= 11 is 5.64. The fraction of sp³-hybridized carbons (Fsp3) is 0.650.